The molecule has 146 valence electrons. The van der Waals surface area contributed by atoms with Gasteiger partial charge in [-0.05, 0) is 48.3 Å². The van der Waals surface area contributed by atoms with Gasteiger partial charge in [0, 0.05) is 27.0 Å². The van der Waals surface area contributed by atoms with Crippen molar-refractivity contribution in [2.45, 2.75) is 55.4 Å². The van der Waals surface area contributed by atoms with Crippen LogP contribution >= 0.6 is 35.0 Å². The Labute approximate surface area is 177 Å². The number of hydrogen-bond donors (Lipinski definition) is 2. The normalized spacial score (nSPS) is 12.4. The molecule has 0 nitrogen and oxygen atoms in total. The molecule has 0 saturated carbocycles. The fourth-order valence-corrected chi connectivity index (χ4v) is 14.8. The first-order chi connectivity index (χ1) is 9.67. The quantitative estimate of drug-likeness (QED) is 0.214. The molecule has 0 radical (unpaired) electrons. The Morgan fingerprint density at radius 2 is 0.696 bits per heavy atom. The van der Waals surface area contributed by atoms with Gasteiger partial charge in [-0.25, -0.2) is 0 Å². The average Bonchev–Trinajstić information content (AvgIpc) is 2.06. The Hall–Kier alpha value is 2.49. The predicted molar refractivity (Wildman–Crippen MR) is 125 cm³/mol. The van der Waals surface area contributed by atoms with Gasteiger partial charge < -0.3 is 0 Å². The van der Waals surface area contributed by atoms with Gasteiger partial charge in [-0.2, -0.15) is 0 Å². The molecule has 7 heteroatoms. The maximum atomic E-state index is 5.47. The fraction of sp³-hybridized carbons (Fsp3) is 1.00. The van der Waals surface area contributed by atoms with Crippen molar-refractivity contribution in [1.82, 2.24) is 0 Å². The fourth-order valence-electron chi connectivity index (χ4n) is 2.43. The molecule has 0 atom stereocenters. The summed E-state index contributed by atoms with van der Waals surface area (Å²) in [5, 5.41) is -2.55. The summed E-state index contributed by atoms with van der Waals surface area (Å²) in [5.41, 5.74) is 0. The standard InChI is InChI=1S/2C8H19PS2.Ni/c2*1-7(2)5-9(10,11)6-8(3)4;/h2*7-8H,5-6H2,1-4H3,(H,10,11);. The van der Waals surface area contributed by atoms with E-state index in [-0.39, 0.29) is 16.5 Å². The smallest absolute Gasteiger partial charge is 0.00393 e. The molecule has 0 heterocycles. The van der Waals surface area contributed by atoms with Crippen LogP contribution in [0.5, 0.6) is 0 Å². The van der Waals surface area contributed by atoms with E-state index in [2.05, 4.69) is 79.9 Å². The van der Waals surface area contributed by atoms with Crippen molar-refractivity contribution in [2.24, 2.45) is 23.7 Å². The summed E-state index contributed by atoms with van der Waals surface area (Å²) in [6.45, 7) is 17.8. The summed E-state index contributed by atoms with van der Waals surface area (Å²) in [6, 6.07) is 0. The van der Waals surface area contributed by atoms with Gasteiger partial charge >= 0.3 is 0 Å². The Morgan fingerprint density at radius 3 is 0.783 bits per heavy atom. The second-order valence-corrected chi connectivity index (χ2v) is 23.3. The molecular formula is C16H38NiP2S4. The van der Waals surface area contributed by atoms with E-state index in [4.69, 9.17) is 23.6 Å². The Bertz CT molecular complexity index is 318. The molecule has 0 aliphatic rings. The van der Waals surface area contributed by atoms with Gasteiger partial charge in [0.25, 0.3) is 0 Å². The van der Waals surface area contributed by atoms with Gasteiger partial charge in [-0.15, -0.1) is 24.5 Å². The van der Waals surface area contributed by atoms with Crippen molar-refractivity contribution in [2.75, 3.05) is 24.6 Å². The minimum absolute atomic E-state index is 0. The van der Waals surface area contributed by atoms with E-state index < -0.39 is 10.5 Å². The molecule has 0 rings (SSSR count). The van der Waals surface area contributed by atoms with Crippen molar-refractivity contribution in [1.29, 1.82) is 0 Å². The van der Waals surface area contributed by atoms with Crippen LogP contribution in [0.15, 0.2) is 0 Å². The van der Waals surface area contributed by atoms with Crippen molar-refractivity contribution in [3.63, 3.8) is 0 Å². The molecule has 0 saturated heterocycles. The molecule has 0 bridgehead atoms. The van der Waals surface area contributed by atoms with Gasteiger partial charge in [0.1, 0.15) is 0 Å². The van der Waals surface area contributed by atoms with Crippen LogP contribution in [0.4, 0.5) is 0 Å². The van der Waals surface area contributed by atoms with E-state index >= 15 is 0 Å². The molecular weight excluding hydrogens is 441 g/mol. The predicted octanol–water partition coefficient (Wildman–Crippen LogP) is 7.24. The summed E-state index contributed by atoms with van der Waals surface area (Å²) >= 11 is 20.1. The zero-order chi connectivity index (χ0) is 18.1. The molecule has 0 unspecified atom stereocenters. The topological polar surface area (TPSA) is 0 Å². The Morgan fingerprint density at radius 1 is 0.565 bits per heavy atom. The van der Waals surface area contributed by atoms with Crippen LogP contribution in [0.25, 0.3) is 0 Å². The maximum Gasteiger partial charge on any atom is 0.00393 e. The van der Waals surface area contributed by atoms with E-state index in [1.807, 2.05) is 0 Å². The molecule has 23 heavy (non-hydrogen) atoms. The van der Waals surface area contributed by atoms with Crippen LogP contribution in [-0.2, 0) is 40.1 Å². The second kappa shape index (κ2) is 14.5. The minimum atomic E-state index is -1.28. The summed E-state index contributed by atoms with van der Waals surface area (Å²) in [4.78, 5) is 0. The molecule has 0 fully saturated rings. The largest absolute Gasteiger partial charge is 0.141 e. The Kier molecular flexibility index (Phi) is 19.1. The van der Waals surface area contributed by atoms with Crippen molar-refractivity contribution < 1.29 is 16.5 Å². The van der Waals surface area contributed by atoms with E-state index in [1.54, 1.807) is 0 Å². The monoisotopic (exact) mass is 478 g/mol. The van der Waals surface area contributed by atoms with Crippen LogP contribution in [0.1, 0.15) is 55.4 Å². The van der Waals surface area contributed by atoms with Crippen LogP contribution in [0, 0.1) is 23.7 Å². The molecule has 0 spiro atoms. The third kappa shape index (κ3) is 24.5. The number of rotatable bonds is 8. The summed E-state index contributed by atoms with van der Waals surface area (Å²) < 4.78 is 0. The molecule has 0 N–H and O–H groups in total. The zero-order valence-corrected chi connectivity index (χ0v) is 22.3. The Balaban J connectivity index is -0.000000333. The molecule has 0 amide bonds. The zero-order valence-electron chi connectivity index (χ0n) is 16.1. The van der Waals surface area contributed by atoms with E-state index in [0.29, 0.717) is 23.7 Å². The van der Waals surface area contributed by atoms with E-state index in [0.717, 1.165) is 24.6 Å². The van der Waals surface area contributed by atoms with E-state index in [1.165, 1.54) is 0 Å². The van der Waals surface area contributed by atoms with Crippen molar-refractivity contribution in [3.8, 4) is 0 Å². The number of thiol groups is 2. The van der Waals surface area contributed by atoms with Crippen molar-refractivity contribution >= 4 is 58.6 Å². The first-order valence-corrected chi connectivity index (χ1v) is 16.9. The molecule has 0 aliphatic heterocycles. The van der Waals surface area contributed by atoms with Gasteiger partial charge in [-0.1, -0.05) is 79.0 Å². The minimum Gasteiger partial charge on any atom is -0.141 e. The van der Waals surface area contributed by atoms with Crippen LogP contribution in [0.2, 0.25) is 0 Å². The average molecular weight is 479 g/mol. The molecule has 0 aromatic rings. The molecule has 0 aromatic carbocycles. The third-order valence-electron chi connectivity index (χ3n) is 2.60. The summed E-state index contributed by atoms with van der Waals surface area (Å²) in [6.07, 6.45) is 4.57. The van der Waals surface area contributed by atoms with Crippen LogP contribution in [-0.4, -0.2) is 24.6 Å². The summed E-state index contributed by atoms with van der Waals surface area (Å²) in [7, 11) is 0. The molecule has 0 aliphatic carbocycles. The van der Waals surface area contributed by atoms with Crippen LogP contribution < -0.4 is 0 Å². The third-order valence-corrected chi connectivity index (χ3v) is 11.6. The van der Waals surface area contributed by atoms with Crippen molar-refractivity contribution in [3.05, 3.63) is 0 Å². The first-order valence-electron chi connectivity index (χ1n) is 8.28. The number of hydrogen-bond acceptors (Lipinski definition) is 2. The first kappa shape index (κ1) is 30.2. The van der Waals surface area contributed by atoms with Gasteiger partial charge in [0.05, 0.1) is 0 Å². The van der Waals surface area contributed by atoms with E-state index in [9.17, 15) is 0 Å². The molecule has 0 aromatic heterocycles. The SMILES string of the molecule is CC(C)CP(=S)(S)CC(C)C.CC(C)CP(=S)(S)CC(C)C.[Ni]. The van der Waals surface area contributed by atoms with Gasteiger partial charge in [0.15, 0.2) is 0 Å². The van der Waals surface area contributed by atoms with Crippen LogP contribution in [0.3, 0.4) is 0 Å². The second-order valence-electron chi connectivity index (χ2n) is 8.00. The van der Waals surface area contributed by atoms with Gasteiger partial charge in [-0.3, -0.25) is 0 Å². The van der Waals surface area contributed by atoms with Gasteiger partial charge in [0.2, 0.25) is 0 Å². The summed E-state index contributed by atoms with van der Waals surface area (Å²) in [5.74, 6) is 2.82. The maximum absolute atomic E-state index is 5.47.